The highest BCUT2D eigenvalue weighted by Crippen LogP contribution is 2.06. The van der Waals surface area contributed by atoms with Gasteiger partial charge < -0.3 is 24.8 Å². The summed E-state index contributed by atoms with van der Waals surface area (Å²) in [5, 5.41) is 5.22. The smallest absolute Gasteiger partial charge is 0.408 e. The van der Waals surface area contributed by atoms with Crippen LogP contribution in [0.25, 0.3) is 0 Å². The van der Waals surface area contributed by atoms with Crippen molar-refractivity contribution in [1.29, 1.82) is 0 Å². The molecule has 0 aliphatic carbocycles. The molecule has 8 nitrogen and oxygen atoms in total. The van der Waals surface area contributed by atoms with Crippen molar-refractivity contribution < 1.29 is 28.6 Å². The van der Waals surface area contributed by atoms with Gasteiger partial charge in [-0.25, -0.2) is 9.59 Å². The van der Waals surface area contributed by atoms with E-state index in [4.69, 9.17) is 14.2 Å². The molecule has 150 valence electrons. The molecule has 0 saturated heterocycles. The maximum atomic E-state index is 11.8. The molecule has 2 N–H and O–H groups in total. The summed E-state index contributed by atoms with van der Waals surface area (Å²) in [4.78, 5) is 35.0. The molecule has 1 rings (SSSR count). The highest BCUT2D eigenvalue weighted by Gasteiger charge is 2.21. The highest BCUT2D eigenvalue weighted by atomic mass is 16.6. The van der Waals surface area contributed by atoms with Gasteiger partial charge in [0.1, 0.15) is 24.9 Å². The van der Waals surface area contributed by atoms with Crippen LogP contribution < -0.4 is 10.6 Å². The lowest BCUT2D eigenvalue weighted by Gasteiger charge is -2.21. The lowest BCUT2D eigenvalue weighted by Crippen LogP contribution is -2.43. The van der Waals surface area contributed by atoms with E-state index in [1.807, 2.05) is 30.3 Å². The predicted molar refractivity (Wildman–Crippen MR) is 98.9 cm³/mol. The molecule has 0 fully saturated rings. The zero-order valence-electron chi connectivity index (χ0n) is 16.2. The number of hydrogen-bond acceptors (Lipinski definition) is 7. The van der Waals surface area contributed by atoms with Gasteiger partial charge in [0.05, 0.1) is 6.54 Å². The highest BCUT2D eigenvalue weighted by molar-refractivity contribution is 5.81. The molecule has 27 heavy (non-hydrogen) atoms. The van der Waals surface area contributed by atoms with E-state index in [9.17, 15) is 14.4 Å². The van der Waals surface area contributed by atoms with Crippen LogP contribution in [0.1, 0.15) is 33.3 Å². The standard InChI is InChI=1S/C19H28N2O6/c1-14(21-18(24)27-19(2,3)4)17(23)25-11-10-20-12-16(22)26-13-15-8-6-5-7-9-15/h5-9,14,20H,10-13H2,1-4H3,(H,21,24)/t14-/m0/s1. The quantitative estimate of drug-likeness (QED) is 0.382. The van der Waals surface area contributed by atoms with E-state index < -0.39 is 29.7 Å². The number of benzene rings is 1. The molecule has 0 spiro atoms. The molecule has 0 aliphatic rings. The van der Waals surface area contributed by atoms with Crippen molar-refractivity contribution in [1.82, 2.24) is 10.6 Å². The van der Waals surface area contributed by atoms with Crippen molar-refractivity contribution in [2.24, 2.45) is 0 Å². The van der Waals surface area contributed by atoms with E-state index in [0.29, 0.717) is 0 Å². The number of alkyl carbamates (subject to hydrolysis) is 1. The Labute approximate surface area is 159 Å². The molecular weight excluding hydrogens is 352 g/mol. The average Bonchev–Trinajstić information content (AvgIpc) is 2.58. The van der Waals surface area contributed by atoms with Gasteiger partial charge in [-0.05, 0) is 33.3 Å². The van der Waals surface area contributed by atoms with Gasteiger partial charge in [-0.1, -0.05) is 30.3 Å². The molecule has 1 aromatic carbocycles. The first-order chi connectivity index (χ1) is 12.7. The topological polar surface area (TPSA) is 103 Å². The zero-order valence-corrected chi connectivity index (χ0v) is 16.2. The Bertz CT molecular complexity index is 612. The second-order valence-corrected chi connectivity index (χ2v) is 6.86. The summed E-state index contributed by atoms with van der Waals surface area (Å²) < 4.78 is 15.2. The molecule has 0 unspecified atom stereocenters. The zero-order chi connectivity index (χ0) is 20.3. The van der Waals surface area contributed by atoms with Crippen molar-refractivity contribution in [3.63, 3.8) is 0 Å². The first-order valence-electron chi connectivity index (χ1n) is 8.74. The number of rotatable bonds is 9. The first-order valence-corrected chi connectivity index (χ1v) is 8.74. The Hall–Kier alpha value is -2.61. The van der Waals surface area contributed by atoms with Crippen LogP contribution in [0, 0.1) is 0 Å². The van der Waals surface area contributed by atoms with Crippen LogP contribution in [0.5, 0.6) is 0 Å². The Kier molecular flexibility index (Phi) is 9.29. The molecule has 0 aromatic heterocycles. The van der Waals surface area contributed by atoms with Gasteiger partial charge in [0.15, 0.2) is 0 Å². The Morgan fingerprint density at radius 3 is 2.37 bits per heavy atom. The largest absolute Gasteiger partial charge is 0.463 e. The van der Waals surface area contributed by atoms with Gasteiger partial charge in [-0.15, -0.1) is 0 Å². The second kappa shape index (κ2) is 11.2. The molecule has 1 aromatic rings. The van der Waals surface area contributed by atoms with E-state index in [1.54, 1.807) is 20.8 Å². The van der Waals surface area contributed by atoms with Crippen LogP contribution in [0.15, 0.2) is 30.3 Å². The van der Waals surface area contributed by atoms with Crippen molar-refractivity contribution in [3.05, 3.63) is 35.9 Å². The van der Waals surface area contributed by atoms with Crippen molar-refractivity contribution in [2.75, 3.05) is 19.7 Å². The summed E-state index contributed by atoms with van der Waals surface area (Å²) in [6.45, 7) is 7.25. The molecule has 0 bridgehead atoms. The first kappa shape index (κ1) is 22.4. The van der Waals surface area contributed by atoms with Crippen molar-refractivity contribution >= 4 is 18.0 Å². The molecule has 0 saturated carbocycles. The van der Waals surface area contributed by atoms with Gasteiger partial charge in [-0.2, -0.15) is 0 Å². The number of ether oxygens (including phenoxy) is 3. The third-order valence-electron chi connectivity index (χ3n) is 3.12. The summed E-state index contributed by atoms with van der Waals surface area (Å²) in [7, 11) is 0. The number of hydrogen-bond donors (Lipinski definition) is 2. The minimum absolute atomic E-state index is 0.0100. The molecule has 1 amide bonds. The van der Waals surface area contributed by atoms with Gasteiger partial charge in [-0.3, -0.25) is 4.79 Å². The number of amides is 1. The van der Waals surface area contributed by atoms with E-state index in [1.165, 1.54) is 6.92 Å². The molecule has 8 heteroatoms. The lowest BCUT2D eigenvalue weighted by molar-refractivity contribution is -0.145. The maximum Gasteiger partial charge on any atom is 0.408 e. The van der Waals surface area contributed by atoms with E-state index in [-0.39, 0.29) is 26.3 Å². The van der Waals surface area contributed by atoms with Crippen LogP contribution in [0.3, 0.4) is 0 Å². The van der Waals surface area contributed by atoms with Crippen LogP contribution in [-0.2, 0) is 30.4 Å². The van der Waals surface area contributed by atoms with Gasteiger partial charge >= 0.3 is 18.0 Å². The van der Waals surface area contributed by atoms with Crippen LogP contribution in [-0.4, -0.2) is 49.4 Å². The third kappa shape index (κ3) is 10.9. The van der Waals surface area contributed by atoms with Gasteiger partial charge in [0.25, 0.3) is 0 Å². The van der Waals surface area contributed by atoms with Crippen molar-refractivity contribution in [3.8, 4) is 0 Å². The lowest BCUT2D eigenvalue weighted by atomic mass is 10.2. The van der Waals surface area contributed by atoms with E-state index in [0.717, 1.165) is 5.56 Å². The summed E-state index contributed by atoms with van der Waals surface area (Å²) in [5.74, 6) is -0.987. The average molecular weight is 380 g/mol. The number of esters is 2. The monoisotopic (exact) mass is 380 g/mol. The fraction of sp³-hybridized carbons (Fsp3) is 0.526. The summed E-state index contributed by atoms with van der Waals surface area (Å²) in [6, 6.07) is 8.52. The Morgan fingerprint density at radius 2 is 1.74 bits per heavy atom. The number of nitrogens with one attached hydrogen (secondary N) is 2. The third-order valence-corrected chi connectivity index (χ3v) is 3.12. The van der Waals surface area contributed by atoms with Gasteiger partial charge in [0, 0.05) is 6.54 Å². The van der Waals surface area contributed by atoms with E-state index in [2.05, 4.69) is 10.6 Å². The van der Waals surface area contributed by atoms with Crippen LogP contribution in [0.2, 0.25) is 0 Å². The maximum absolute atomic E-state index is 11.8. The fourth-order valence-electron chi connectivity index (χ4n) is 1.87. The predicted octanol–water partition coefficient (Wildman–Crippen LogP) is 1.78. The molecule has 0 radical (unpaired) electrons. The minimum atomic E-state index is -0.837. The second-order valence-electron chi connectivity index (χ2n) is 6.86. The molecule has 1 atom stereocenters. The van der Waals surface area contributed by atoms with Crippen LogP contribution in [0.4, 0.5) is 4.79 Å². The SMILES string of the molecule is C[C@H](NC(=O)OC(C)(C)C)C(=O)OCCNCC(=O)OCc1ccccc1. The van der Waals surface area contributed by atoms with Crippen molar-refractivity contribution in [2.45, 2.75) is 45.9 Å². The normalized spacial score (nSPS) is 12.0. The summed E-state index contributed by atoms with van der Waals surface area (Å²) >= 11 is 0. The number of carbonyl (C=O) groups excluding carboxylic acids is 3. The Balaban J connectivity index is 2.11. The summed E-state index contributed by atoms with van der Waals surface area (Å²) in [5.41, 5.74) is 0.262. The molecule has 0 aliphatic heterocycles. The van der Waals surface area contributed by atoms with Crippen LogP contribution >= 0.6 is 0 Å². The molecular formula is C19H28N2O6. The minimum Gasteiger partial charge on any atom is -0.463 e. The summed E-state index contributed by atoms with van der Waals surface area (Å²) in [6.07, 6.45) is -0.689. The Morgan fingerprint density at radius 1 is 1.07 bits per heavy atom. The van der Waals surface area contributed by atoms with E-state index >= 15 is 0 Å². The molecule has 0 heterocycles. The number of carbonyl (C=O) groups is 3. The fourth-order valence-corrected chi connectivity index (χ4v) is 1.87. The van der Waals surface area contributed by atoms with Gasteiger partial charge in [0.2, 0.25) is 0 Å².